The molecular weight excluding hydrogens is 338 g/mol. The first-order valence-electron chi connectivity index (χ1n) is 8.54. The molecule has 4 rings (SSSR count). The number of benzene rings is 2. The van der Waals surface area contributed by atoms with Crippen molar-refractivity contribution in [1.82, 2.24) is 4.98 Å². The second-order valence-electron chi connectivity index (χ2n) is 6.93. The number of para-hydroxylation sites is 2. The highest BCUT2D eigenvalue weighted by Crippen LogP contribution is 2.46. The monoisotopic (exact) mass is 357 g/mol. The minimum absolute atomic E-state index is 0.101. The summed E-state index contributed by atoms with van der Waals surface area (Å²) in [6.45, 7) is 4.44. The number of likely N-dealkylation sites (N-methyl/N-ethyl adjacent to an activating group) is 1. The number of allylic oxidation sites excluding steroid dienone is 4. The summed E-state index contributed by atoms with van der Waals surface area (Å²) in [6, 6.07) is 18.7. The fraction of sp³-hybridized carbons (Fsp3) is 0.182. The van der Waals surface area contributed by atoms with Crippen molar-refractivity contribution >= 4 is 32.8 Å². The molecule has 1 aromatic heterocycles. The average Bonchev–Trinajstić information content (AvgIpc) is 3.15. The molecule has 3 aromatic rings. The third kappa shape index (κ3) is 2.53. The Balaban J connectivity index is 1.77. The van der Waals surface area contributed by atoms with Gasteiger partial charge in [-0.25, -0.2) is 4.98 Å². The zero-order valence-electron chi connectivity index (χ0n) is 15.0. The first-order chi connectivity index (χ1) is 12.5. The summed E-state index contributed by atoms with van der Waals surface area (Å²) < 4.78 is 1.10. The lowest BCUT2D eigenvalue weighted by molar-refractivity contribution is 0.640. The lowest BCUT2D eigenvalue weighted by Crippen LogP contribution is -2.22. The molecule has 26 heavy (non-hydrogen) atoms. The van der Waals surface area contributed by atoms with E-state index in [4.69, 9.17) is 0 Å². The summed E-state index contributed by atoms with van der Waals surface area (Å²) in [5.41, 5.74) is 5.13. The van der Waals surface area contributed by atoms with Gasteiger partial charge in [0.1, 0.15) is 11.1 Å². The molecule has 0 bridgehead atoms. The summed E-state index contributed by atoms with van der Waals surface area (Å²) in [5.74, 6) is 0. The van der Waals surface area contributed by atoms with Crippen LogP contribution in [0.3, 0.4) is 0 Å². The second kappa shape index (κ2) is 6.12. The predicted molar refractivity (Wildman–Crippen MR) is 109 cm³/mol. The van der Waals surface area contributed by atoms with Crippen molar-refractivity contribution in [1.29, 1.82) is 5.26 Å². The van der Waals surface area contributed by atoms with Crippen molar-refractivity contribution in [2.75, 3.05) is 11.9 Å². The van der Waals surface area contributed by atoms with Crippen molar-refractivity contribution in [2.24, 2.45) is 0 Å². The normalized spacial score (nSPS) is 17.5. The van der Waals surface area contributed by atoms with Crippen LogP contribution in [0.25, 0.3) is 15.8 Å². The van der Waals surface area contributed by atoms with Gasteiger partial charge in [-0.1, -0.05) is 44.2 Å². The van der Waals surface area contributed by atoms with Crippen molar-refractivity contribution in [3.8, 4) is 6.07 Å². The van der Waals surface area contributed by atoms with Crippen LogP contribution < -0.4 is 4.90 Å². The maximum Gasteiger partial charge on any atom is 0.135 e. The van der Waals surface area contributed by atoms with Crippen LogP contribution in [0, 0.1) is 11.3 Å². The number of nitrogens with zero attached hydrogens (tertiary/aromatic N) is 3. The standard InChI is InChI=1S/C22H19N3S/c1-22(2)16-8-4-6-10-18(16)25(3)20(22)13-12-15(14-23)21-24-17-9-5-7-11-19(17)26-21/h4-13H,1-3H3/b15-12+,20-13-. The number of hydrogen-bond acceptors (Lipinski definition) is 4. The van der Waals surface area contributed by atoms with Gasteiger partial charge in [0, 0.05) is 23.8 Å². The first-order valence-corrected chi connectivity index (χ1v) is 9.36. The highest BCUT2D eigenvalue weighted by molar-refractivity contribution is 7.19. The molecule has 1 aliphatic rings. The number of aromatic nitrogens is 1. The highest BCUT2D eigenvalue weighted by atomic mass is 32.1. The third-order valence-corrected chi connectivity index (χ3v) is 6.06. The van der Waals surface area contributed by atoms with Gasteiger partial charge in [-0.3, -0.25) is 0 Å². The van der Waals surface area contributed by atoms with E-state index in [2.05, 4.69) is 67.2 Å². The SMILES string of the molecule is CN1/C(=C\C=C(/C#N)c2nc3ccccc3s2)C(C)(C)c2ccccc21. The maximum absolute atomic E-state index is 9.65. The Labute approximate surface area is 157 Å². The molecule has 0 unspecified atom stereocenters. The van der Waals surface area contributed by atoms with Gasteiger partial charge >= 0.3 is 0 Å². The molecule has 1 aliphatic heterocycles. The molecule has 0 radical (unpaired) electrons. The minimum Gasteiger partial charge on any atom is -0.347 e. The Morgan fingerprint density at radius 1 is 1.15 bits per heavy atom. The van der Waals surface area contributed by atoms with E-state index in [1.54, 1.807) is 11.3 Å². The van der Waals surface area contributed by atoms with Gasteiger partial charge in [-0.2, -0.15) is 5.26 Å². The zero-order valence-corrected chi connectivity index (χ0v) is 15.8. The van der Waals surface area contributed by atoms with Crippen molar-refractivity contribution in [3.63, 3.8) is 0 Å². The lowest BCUT2D eigenvalue weighted by atomic mass is 9.83. The van der Waals surface area contributed by atoms with Crippen molar-refractivity contribution in [2.45, 2.75) is 19.3 Å². The fourth-order valence-corrected chi connectivity index (χ4v) is 4.55. The van der Waals surface area contributed by atoms with E-state index in [-0.39, 0.29) is 5.41 Å². The smallest absolute Gasteiger partial charge is 0.135 e. The lowest BCUT2D eigenvalue weighted by Gasteiger charge is -2.23. The molecule has 0 saturated heterocycles. The minimum atomic E-state index is -0.101. The largest absolute Gasteiger partial charge is 0.347 e. The molecule has 4 heteroatoms. The van der Waals surface area contributed by atoms with Gasteiger partial charge in [0.2, 0.25) is 0 Å². The zero-order chi connectivity index (χ0) is 18.3. The van der Waals surface area contributed by atoms with E-state index in [1.807, 2.05) is 30.3 Å². The number of rotatable bonds is 2. The molecule has 0 fully saturated rings. The number of thiazole rings is 1. The number of nitriles is 1. The summed E-state index contributed by atoms with van der Waals surface area (Å²) >= 11 is 1.56. The van der Waals surface area contributed by atoms with Gasteiger partial charge < -0.3 is 4.90 Å². The summed E-state index contributed by atoms with van der Waals surface area (Å²) in [6.07, 6.45) is 3.96. The van der Waals surface area contributed by atoms with Crippen LogP contribution >= 0.6 is 11.3 Å². The van der Waals surface area contributed by atoms with Crippen molar-refractivity contribution in [3.05, 3.63) is 77.0 Å². The predicted octanol–water partition coefficient (Wildman–Crippen LogP) is 5.51. The van der Waals surface area contributed by atoms with Crippen LogP contribution in [0.5, 0.6) is 0 Å². The Hall–Kier alpha value is -2.90. The summed E-state index contributed by atoms with van der Waals surface area (Å²) in [5, 5.41) is 10.4. The molecular formula is C22H19N3S. The van der Waals surface area contributed by atoms with Crippen LogP contribution in [0.15, 0.2) is 66.4 Å². The molecule has 3 nitrogen and oxygen atoms in total. The second-order valence-corrected chi connectivity index (χ2v) is 7.96. The van der Waals surface area contributed by atoms with Crippen LogP contribution in [0.1, 0.15) is 24.4 Å². The van der Waals surface area contributed by atoms with Crippen molar-refractivity contribution < 1.29 is 0 Å². The summed E-state index contributed by atoms with van der Waals surface area (Å²) in [4.78, 5) is 6.82. The molecule has 0 N–H and O–H groups in total. The molecule has 0 amide bonds. The van der Waals surface area contributed by atoms with E-state index in [0.29, 0.717) is 5.57 Å². The molecule has 0 spiro atoms. The Bertz CT molecular complexity index is 1060. The molecule has 2 aromatic carbocycles. The number of fused-ring (bicyclic) bond motifs is 2. The topological polar surface area (TPSA) is 39.9 Å². The van der Waals surface area contributed by atoms with E-state index in [9.17, 15) is 5.26 Å². The number of hydrogen-bond donors (Lipinski definition) is 0. The van der Waals surface area contributed by atoms with Crippen LogP contribution in [0.4, 0.5) is 5.69 Å². The Kier molecular flexibility index (Phi) is 3.90. The molecule has 0 saturated carbocycles. The van der Waals surface area contributed by atoms with Gasteiger partial charge in [0.05, 0.1) is 15.8 Å². The third-order valence-electron chi connectivity index (χ3n) is 4.99. The molecule has 128 valence electrons. The van der Waals surface area contributed by atoms with E-state index in [1.165, 1.54) is 16.9 Å². The van der Waals surface area contributed by atoms with Gasteiger partial charge in [0.25, 0.3) is 0 Å². The number of anilines is 1. The first kappa shape index (κ1) is 16.6. The van der Waals surface area contributed by atoms with Gasteiger partial charge in [-0.15, -0.1) is 11.3 Å². The van der Waals surface area contributed by atoms with Gasteiger partial charge in [-0.05, 0) is 35.9 Å². The fourth-order valence-electron chi connectivity index (χ4n) is 3.61. The molecule has 0 aliphatic carbocycles. The van der Waals surface area contributed by atoms with E-state index < -0.39 is 0 Å². The Morgan fingerprint density at radius 3 is 2.62 bits per heavy atom. The van der Waals surface area contributed by atoms with Crippen LogP contribution in [0.2, 0.25) is 0 Å². The Morgan fingerprint density at radius 2 is 1.88 bits per heavy atom. The maximum atomic E-state index is 9.65. The highest BCUT2D eigenvalue weighted by Gasteiger charge is 2.37. The van der Waals surface area contributed by atoms with Crippen LogP contribution in [-0.2, 0) is 5.41 Å². The van der Waals surface area contributed by atoms with E-state index >= 15 is 0 Å². The summed E-state index contributed by atoms with van der Waals surface area (Å²) in [7, 11) is 2.08. The quantitative estimate of drug-likeness (QED) is 0.567. The van der Waals surface area contributed by atoms with Crippen LogP contribution in [-0.4, -0.2) is 12.0 Å². The molecule has 2 heterocycles. The van der Waals surface area contributed by atoms with E-state index in [0.717, 1.165) is 15.2 Å². The average molecular weight is 357 g/mol. The van der Waals surface area contributed by atoms with Gasteiger partial charge in [0.15, 0.2) is 0 Å². The molecule has 0 atom stereocenters.